The van der Waals surface area contributed by atoms with Gasteiger partial charge in [-0.1, -0.05) is 25.1 Å². The number of likely N-dealkylation sites (tertiary alicyclic amines) is 1. The zero-order chi connectivity index (χ0) is 19.8. The molecule has 0 aliphatic carbocycles. The Labute approximate surface area is 169 Å². The average Bonchev–Trinajstić information content (AvgIpc) is 2.69. The van der Waals surface area contributed by atoms with Crippen molar-refractivity contribution in [1.29, 1.82) is 0 Å². The summed E-state index contributed by atoms with van der Waals surface area (Å²) in [5.74, 6) is 1.89. The van der Waals surface area contributed by atoms with Crippen LogP contribution in [0, 0.1) is 5.92 Å². The summed E-state index contributed by atoms with van der Waals surface area (Å²) in [4.78, 5) is 19.3. The van der Waals surface area contributed by atoms with E-state index in [2.05, 4.69) is 40.8 Å². The highest BCUT2D eigenvalue weighted by molar-refractivity contribution is 5.94. The predicted molar refractivity (Wildman–Crippen MR) is 116 cm³/mol. The first-order chi connectivity index (χ1) is 13.7. The molecule has 1 fully saturated rings. The molecule has 1 saturated heterocycles. The number of para-hydroxylation sites is 1. The van der Waals surface area contributed by atoms with E-state index >= 15 is 0 Å². The highest BCUT2D eigenvalue weighted by Gasteiger charge is 2.24. The summed E-state index contributed by atoms with van der Waals surface area (Å²) in [6.07, 6.45) is 4.31. The van der Waals surface area contributed by atoms with Gasteiger partial charge in [-0.2, -0.15) is 0 Å². The molecular weight excluding hydrogens is 350 g/mol. The maximum absolute atomic E-state index is 12.0. The van der Waals surface area contributed by atoms with E-state index in [-0.39, 0.29) is 11.8 Å². The van der Waals surface area contributed by atoms with Crippen molar-refractivity contribution in [2.45, 2.75) is 45.4 Å². The summed E-state index contributed by atoms with van der Waals surface area (Å²) in [5, 5.41) is 9.74. The molecule has 154 valence electrons. The highest BCUT2D eigenvalue weighted by atomic mass is 16.1. The van der Waals surface area contributed by atoms with E-state index in [1.807, 2.05) is 18.2 Å². The van der Waals surface area contributed by atoms with Crippen molar-refractivity contribution >= 4 is 17.6 Å². The molecule has 2 aliphatic heterocycles. The van der Waals surface area contributed by atoms with Crippen molar-refractivity contribution in [3.63, 3.8) is 0 Å². The van der Waals surface area contributed by atoms with Crippen LogP contribution < -0.4 is 16.0 Å². The summed E-state index contributed by atoms with van der Waals surface area (Å²) < 4.78 is 0. The molecule has 2 unspecified atom stereocenters. The van der Waals surface area contributed by atoms with Gasteiger partial charge < -0.3 is 20.9 Å². The number of benzene rings is 1. The molecule has 0 aromatic heterocycles. The van der Waals surface area contributed by atoms with Crippen molar-refractivity contribution in [3.05, 3.63) is 29.8 Å². The Kier molecular flexibility index (Phi) is 7.71. The summed E-state index contributed by atoms with van der Waals surface area (Å²) >= 11 is 0. The van der Waals surface area contributed by atoms with Gasteiger partial charge in [0, 0.05) is 37.7 Å². The van der Waals surface area contributed by atoms with Crippen molar-refractivity contribution in [1.82, 2.24) is 15.5 Å². The first-order valence-corrected chi connectivity index (χ1v) is 10.8. The molecule has 1 aromatic carbocycles. The molecule has 0 spiro atoms. The molecule has 1 aromatic rings. The van der Waals surface area contributed by atoms with Gasteiger partial charge in [0.2, 0.25) is 5.91 Å². The Morgan fingerprint density at radius 1 is 1.32 bits per heavy atom. The number of amides is 1. The predicted octanol–water partition coefficient (Wildman–Crippen LogP) is 2.79. The van der Waals surface area contributed by atoms with Crippen LogP contribution in [0.4, 0.5) is 5.69 Å². The summed E-state index contributed by atoms with van der Waals surface area (Å²) in [6, 6.07) is 8.04. The number of guanidine groups is 1. The van der Waals surface area contributed by atoms with Gasteiger partial charge in [0.1, 0.15) is 0 Å². The van der Waals surface area contributed by atoms with E-state index in [0.29, 0.717) is 13.0 Å². The van der Waals surface area contributed by atoms with Crippen LogP contribution in [0.3, 0.4) is 0 Å². The van der Waals surface area contributed by atoms with Gasteiger partial charge in [-0.25, -0.2) is 0 Å². The van der Waals surface area contributed by atoms with Crippen LogP contribution in [-0.2, 0) is 4.79 Å². The fourth-order valence-electron chi connectivity index (χ4n) is 4.21. The maximum atomic E-state index is 12.0. The van der Waals surface area contributed by atoms with Crippen LogP contribution in [0.25, 0.3) is 0 Å². The van der Waals surface area contributed by atoms with Crippen LogP contribution in [0.15, 0.2) is 29.3 Å². The lowest BCUT2D eigenvalue weighted by Gasteiger charge is -2.30. The number of nitrogens with zero attached hydrogens (tertiary/aromatic N) is 2. The van der Waals surface area contributed by atoms with E-state index in [1.54, 1.807) is 0 Å². The zero-order valence-electron chi connectivity index (χ0n) is 17.3. The van der Waals surface area contributed by atoms with E-state index in [1.165, 1.54) is 31.5 Å². The lowest BCUT2D eigenvalue weighted by Crippen LogP contribution is -2.40. The number of piperidine rings is 1. The largest absolute Gasteiger partial charge is 0.357 e. The number of fused-ring (bicyclic) bond motifs is 1. The van der Waals surface area contributed by atoms with Crippen LogP contribution >= 0.6 is 0 Å². The lowest BCUT2D eigenvalue weighted by molar-refractivity contribution is -0.116. The fraction of sp³-hybridized carbons (Fsp3) is 0.636. The van der Waals surface area contributed by atoms with Crippen molar-refractivity contribution < 1.29 is 4.79 Å². The van der Waals surface area contributed by atoms with Gasteiger partial charge in [0.05, 0.1) is 6.54 Å². The average molecular weight is 386 g/mol. The monoisotopic (exact) mass is 385 g/mol. The molecule has 3 N–H and O–H groups in total. The highest BCUT2D eigenvalue weighted by Crippen LogP contribution is 2.31. The zero-order valence-corrected chi connectivity index (χ0v) is 17.3. The Hall–Kier alpha value is -2.08. The maximum Gasteiger partial charge on any atom is 0.225 e. The molecule has 28 heavy (non-hydrogen) atoms. The molecule has 2 aliphatic rings. The second kappa shape index (κ2) is 10.5. The quantitative estimate of drug-likeness (QED) is 0.384. The number of carbonyl (C=O) groups excluding carboxylic acids is 1. The van der Waals surface area contributed by atoms with Crippen LogP contribution in [-0.4, -0.2) is 56.0 Å². The number of hydrogen-bond acceptors (Lipinski definition) is 3. The van der Waals surface area contributed by atoms with Gasteiger partial charge in [-0.3, -0.25) is 9.79 Å². The van der Waals surface area contributed by atoms with Gasteiger partial charge in [-0.15, -0.1) is 0 Å². The minimum absolute atomic E-state index is 0.0765. The van der Waals surface area contributed by atoms with Crippen molar-refractivity contribution in [3.8, 4) is 0 Å². The summed E-state index contributed by atoms with van der Waals surface area (Å²) in [5.41, 5.74) is 2.11. The lowest BCUT2D eigenvalue weighted by atomic mass is 9.91. The van der Waals surface area contributed by atoms with Crippen LogP contribution in [0.5, 0.6) is 0 Å². The molecular formula is C22H35N5O. The second-order valence-electron chi connectivity index (χ2n) is 8.08. The van der Waals surface area contributed by atoms with Gasteiger partial charge >= 0.3 is 0 Å². The van der Waals surface area contributed by atoms with E-state index in [9.17, 15) is 4.79 Å². The van der Waals surface area contributed by atoms with Crippen molar-refractivity contribution in [2.24, 2.45) is 10.9 Å². The summed E-state index contributed by atoms with van der Waals surface area (Å²) in [7, 11) is 0. The normalized spacial score (nSPS) is 23.1. The Balaban J connectivity index is 1.49. The summed E-state index contributed by atoms with van der Waals surface area (Å²) in [6.45, 7) is 10.4. The molecule has 6 heteroatoms. The third kappa shape index (κ3) is 5.96. The van der Waals surface area contributed by atoms with E-state index in [4.69, 9.17) is 4.99 Å². The van der Waals surface area contributed by atoms with Gasteiger partial charge in [0.25, 0.3) is 0 Å². The topological polar surface area (TPSA) is 68.8 Å². The Morgan fingerprint density at radius 2 is 2.18 bits per heavy atom. The first kappa shape index (κ1) is 20.6. The number of anilines is 1. The SMILES string of the molecule is CCNC(=NCC1CC(=O)Nc2ccccc21)NCCCN1CCCC(C)C1. The molecule has 2 atom stereocenters. The standard InChI is InChI=1S/C22H35N5O/c1-3-23-22(24-11-7-13-27-12-6-8-17(2)16-27)25-15-18-14-21(28)26-20-10-5-4-9-19(18)20/h4-5,9-10,17-18H,3,6-8,11-16H2,1-2H3,(H,26,28)(H2,23,24,25). The number of rotatable bonds is 7. The number of hydrogen-bond donors (Lipinski definition) is 3. The van der Waals surface area contributed by atoms with Crippen LogP contribution in [0.2, 0.25) is 0 Å². The Morgan fingerprint density at radius 3 is 3.00 bits per heavy atom. The minimum atomic E-state index is 0.0765. The smallest absolute Gasteiger partial charge is 0.225 e. The van der Waals surface area contributed by atoms with E-state index in [0.717, 1.165) is 43.6 Å². The minimum Gasteiger partial charge on any atom is -0.357 e. The molecule has 2 heterocycles. The third-order valence-electron chi connectivity index (χ3n) is 5.61. The molecule has 0 bridgehead atoms. The number of carbonyl (C=O) groups is 1. The van der Waals surface area contributed by atoms with Crippen molar-refractivity contribution in [2.75, 3.05) is 44.6 Å². The van der Waals surface area contributed by atoms with Gasteiger partial charge in [-0.05, 0) is 56.8 Å². The van der Waals surface area contributed by atoms with Crippen LogP contribution in [0.1, 0.15) is 51.0 Å². The molecule has 0 radical (unpaired) electrons. The number of aliphatic imine (C=N–C) groups is 1. The molecule has 1 amide bonds. The van der Waals surface area contributed by atoms with E-state index < -0.39 is 0 Å². The van der Waals surface area contributed by atoms with Gasteiger partial charge in [0.15, 0.2) is 5.96 Å². The molecule has 0 saturated carbocycles. The molecule has 3 rings (SSSR count). The second-order valence-corrected chi connectivity index (χ2v) is 8.08. The first-order valence-electron chi connectivity index (χ1n) is 10.8. The third-order valence-corrected chi connectivity index (χ3v) is 5.61. The fourth-order valence-corrected chi connectivity index (χ4v) is 4.21. The Bertz CT molecular complexity index is 675. The molecule has 6 nitrogen and oxygen atoms in total. The number of nitrogens with one attached hydrogen (secondary N) is 3.